The molecule has 0 radical (unpaired) electrons. The topological polar surface area (TPSA) is 63.2 Å². The summed E-state index contributed by atoms with van der Waals surface area (Å²) in [5.74, 6) is 1.28. The van der Waals surface area contributed by atoms with E-state index in [0.29, 0.717) is 17.4 Å². The molecule has 2 rings (SSSR count). The van der Waals surface area contributed by atoms with Gasteiger partial charge in [-0.2, -0.15) is 0 Å². The molecule has 1 saturated heterocycles. The molecule has 0 aromatic carbocycles. The van der Waals surface area contributed by atoms with Crippen LogP contribution in [-0.2, 0) is 9.53 Å². The number of ether oxygens (including phenoxy) is 1. The Morgan fingerprint density at radius 2 is 2.09 bits per heavy atom. The molecule has 122 valence electrons. The number of hydrogen-bond acceptors (Lipinski definition) is 4. The predicted octanol–water partition coefficient (Wildman–Crippen LogP) is 3.67. The number of halogens is 1. The summed E-state index contributed by atoms with van der Waals surface area (Å²) in [6.07, 6.45) is 3.86. The predicted molar refractivity (Wildman–Crippen MR) is 92.1 cm³/mol. The number of amides is 1. The van der Waals surface area contributed by atoms with E-state index >= 15 is 0 Å². The minimum Gasteiger partial charge on any atom is -0.381 e. The van der Waals surface area contributed by atoms with Gasteiger partial charge >= 0.3 is 0 Å². The van der Waals surface area contributed by atoms with Crippen molar-refractivity contribution < 1.29 is 9.53 Å². The second kappa shape index (κ2) is 7.42. The average molecular weight is 370 g/mol. The van der Waals surface area contributed by atoms with Crippen LogP contribution in [0.3, 0.4) is 0 Å². The number of nitrogens with zero attached hydrogens (tertiary/aromatic N) is 1. The van der Waals surface area contributed by atoms with Crippen LogP contribution in [0.2, 0.25) is 0 Å². The van der Waals surface area contributed by atoms with Crippen molar-refractivity contribution in [2.45, 2.75) is 33.6 Å². The van der Waals surface area contributed by atoms with Gasteiger partial charge in [-0.1, -0.05) is 20.8 Å². The Kier molecular flexibility index (Phi) is 5.81. The lowest BCUT2D eigenvalue weighted by Gasteiger charge is -2.24. The third kappa shape index (κ3) is 4.95. The fourth-order valence-electron chi connectivity index (χ4n) is 2.18. The summed E-state index contributed by atoms with van der Waals surface area (Å²) in [5, 5.41) is 6.33. The highest BCUT2D eigenvalue weighted by molar-refractivity contribution is 9.10. The van der Waals surface area contributed by atoms with Crippen molar-refractivity contribution in [3.8, 4) is 0 Å². The smallest absolute Gasteiger partial charge is 0.229 e. The number of hydrogen-bond donors (Lipinski definition) is 2. The molecule has 5 nitrogen and oxygen atoms in total. The van der Waals surface area contributed by atoms with Gasteiger partial charge in [-0.05, 0) is 40.8 Å². The van der Waals surface area contributed by atoms with Gasteiger partial charge in [0.2, 0.25) is 5.91 Å². The number of anilines is 2. The van der Waals surface area contributed by atoms with Gasteiger partial charge in [0.05, 0.1) is 5.69 Å². The van der Waals surface area contributed by atoms with Crippen molar-refractivity contribution >= 4 is 33.3 Å². The SMILES string of the molecule is CC(C)(C)C(=O)Nc1cc(Br)cnc1NCC1CCOCC1. The summed E-state index contributed by atoms with van der Waals surface area (Å²) < 4.78 is 6.22. The van der Waals surface area contributed by atoms with E-state index in [9.17, 15) is 4.79 Å². The maximum atomic E-state index is 12.2. The van der Waals surface area contributed by atoms with E-state index in [2.05, 4.69) is 31.5 Å². The van der Waals surface area contributed by atoms with Gasteiger partial charge in [-0.3, -0.25) is 4.79 Å². The summed E-state index contributed by atoms with van der Waals surface area (Å²) in [5.41, 5.74) is 0.265. The third-order valence-electron chi connectivity index (χ3n) is 3.68. The van der Waals surface area contributed by atoms with Crippen LogP contribution in [0.4, 0.5) is 11.5 Å². The van der Waals surface area contributed by atoms with Gasteiger partial charge in [-0.15, -0.1) is 0 Å². The Hall–Kier alpha value is -1.14. The fourth-order valence-corrected chi connectivity index (χ4v) is 2.51. The average Bonchev–Trinajstić information content (AvgIpc) is 2.46. The molecule has 0 aliphatic carbocycles. The van der Waals surface area contributed by atoms with E-state index < -0.39 is 5.41 Å². The normalized spacial score (nSPS) is 16.4. The molecule has 1 aliphatic rings. The fraction of sp³-hybridized carbons (Fsp3) is 0.625. The maximum absolute atomic E-state index is 12.2. The summed E-state index contributed by atoms with van der Waals surface area (Å²) in [6, 6.07) is 1.88. The largest absolute Gasteiger partial charge is 0.381 e. The Balaban J connectivity index is 2.05. The lowest BCUT2D eigenvalue weighted by atomic mass is 9.95. The standard InChI is InChI=1S/C16H24BrN3O2/c1-16(2,3)15(21)20-13-8-12(17)10-19-14(13)18-9-11-4-6-22-7-5-11/h8,10-11H,4-7,9H2,1-3H3,(H,18,19)(H,20,21). The van der Waals surface area contributed by atoms with Crippen LogP contribution in [-0.4, -0.2) is 30.6 Å². The first kappa shape index (κ1) is 17.2. The minimum absolute atomic E-state index is 0.0264. The van der Waals surface area contributed by atoms with Crippen molar-refractivity contribution in [3.05, 3.63) is 16.7 Å². The molecule has 6 heteroatoms. The lowest BCUT2D eigenvalue weighted by Crippen LogP contribution is -2.28. The molecule has 0 spiro atoms. The van der Waals surface area contributed by atoms with Crippen molar-refractivity contribution in [1.82, 2.24) is 4.98 Å². The highest BCUT2D eigenvalue weighted by Crippen LogP contribution is 2.26. The molecule has 22 heavy (non-hydrogen) atoms. The van der Waals surface area contributed by atoms with E-state index in [4.69, 9.17) is 4.74 Å². The first-order valence-corrected chi connectivity index (χ1v) is 8.44. The zero-order chi connectivity index (χ0) is 16.2. The van der Waals surface area contributed by atoms with Gasteiger partial charge in [-0.25, -0.2) is 4.98 Å². The van der Waals surface area contributed by atoms with Crippen LogP contribution >= 0.6 is 15.9 Å². The molecule has 0 atom stereocenters. The first-order valence-electron chi connectivity index (χ1n) is 7.65. The van der Waals surface area contributed by atoms with E-state index in [1.54, 1.807) is 6.20 Å². The first-order chi connectivity index (χ1) is 10.4. The summed E-state index contributed by atoms with van der Waals surface area (Å²) in [6.45, 7) is 8.17. The Bertz CT molecular complexity index is 523. The van der Waals surface area contributed by atoms with Crippen LogP contribution in [0.25, 0.3) is 0 Å². The molecule has 1 amide bonds. The van der Waals surface area contributed by atoms with Crippen LogP contribution < -0.4 is 10.6 Å². The molecular weight excluding hydrogens is 346 g/mol. The summed E-state index contributed by atoms with van der Waals surface area (Å²) in [7, 11) is 0. The molecule has 1 aliphatic heterocycles. The number of carbonyl (C=O) groups is 1. The molecule has 1 aromatic rings. The van der Waals surface area contributed by atoms with E-state index in [1.165, 1.54) is 0 Å². The van der Waals surface area contributed by atoms with E-state index in [1.807, 2.05) is 26.8 Å². The summed E-state index contributed by atoms with van der Waals surface area (Å²) in [4.78, 5) is 16.6. The highest BCUT2D eigenvalue weighted by Gasteiger charge is 2.23. The monoisotopic (exact) mass is 369 g/mol. The van der Waals surface area contributed by atoms with E-state index in [-0.39, 0.29) is 5.91 Å². The van der Waals surface area contributed by atoms with Crippen molar-refractivity contribution in [3.63, 3.8) is 0 Å². The number of pyridine rings is 1. The molecule has 2 heterocycles. The van der Waals surface area contributed by atoms with Crippen molar-refractivity contribution in [2.75, 3.05) is 30.4 Å². The minimum atomic E-state index is -0.444. The molecular formula is C16H24BrN3O2. The molecule has 0 saturated carbocycles. The summed E-state index contributed by atoms with van der Waals surface area (Å²) >= 11 is 3.41. The number of nitrogens with one attached hydrogen (secondary N) is 2. The zero-order valence-corrected chi connectivity index (χ0v) is 15.0. The van der Waals surface area contributed by atoms with Crippen LogP contribution in [0, 0.1) is 11.3 Å². The molecule has 1 fully saturated rings. The molecule has 2 N–H and O–H groups in total. The van der Waals surface area contributed by atoms with Crippen molar-refractivity contribution in [1.29, 1.82) is 0 Å². The molecule has 0 unspecified atom stereocenters. The Labute approximate surface area is 140 Å². The van der Waals surface area contributed by atoms with E-state index in [0.717, 1.165) is 37.1 Å². The zero-order valence-electron chi connectivity index (χ0n) is 13.4. The van der Waals surface area contributed by atoms with Gasteiger partial charge in [0.1, 0.15) is 5.82 Å². The molecule has 1 aromatic heterocycles. The van der Waals surface area contributed by atoms with Crippen LogP contribution in [0.1, 0.15) is 33.6 Å². The number of aromatic nitrogens is 1. The second-order valence-corrected chi connectivity index (χ2v) is 7.61. The van der Waals surface area contributed by atoms with Crippen molar-refractivity contribution in [2.24, 2.45) is 11.3 Å². The van der Waals surface area contributed by atoms with Crippen LogP contribution in [0.5, 0.6) is 0 Å². The van der Waals surface area contributed by atoms with Gasteiger partial charge in [0.15, 0.2) is 0 Å². The Morgan fingerprint density at radius 3 is 2.73 bits per heavy atom. The number of carbonyl (C=O) groups excluding carboxylic acids is 1. The second-order valence-electron chi connectivity index (χ2n) is 6.69. The Morgan fingerprint density at radius 1 is 1.41 bits per heavy atom. The quantitative estimate of drug-likeness (QED) is 0.849. The number of rotatable bonds is 4. The molecule has 0 bridgehead atoms. The third-order valence-corrected chi connectivity index (χ3v) is 4.12. The maximum Gasteiger partial charge on any atom is 0.229 e. The lowest BCUT2D eigenvalue weighted by molar-refractivity contribution is -0.123. The van der Waals surface area contributed by atoms with Crippen LogP contribution in [0.15, 0.2) is 16.7 Å². The van der Waals surface area contributed by atoms with Gasteiger partial charge < -0.3 is 15.4 Å². The van der Waals surface area contributed by atoms with Gasteiger partial charge in [0, 0.05) is 35.8 Å². The van der Waals surface area contributed by atoms with Gasteiger partial charge in [0.25, 0.3) is 0 Å². The highest BCUT2D eigenvalue weighted by atomic mass is 79.9.